The third kappa shape index (κ3) is 7.72. The molecule has 0 unspecified atom stereocenters. The molecule has 0 aromatic heterocycles. The highest BCUT2D eigenvalue weighted by atomic mass is 16.5. The topological polar surface area (TPSA) is 77.3 Å². The summed E-state index contributed by atoms with van der Waals surface area (Å²) in [5, 5.41) is 0. The van der Waals surface area contributed by atoms with E-state index in [0.29, 0.717) is 35.7 Å². The van der Waals surface area contributed by atoms with Crippen LogP contribution >= 0.6 is 0 Å². The number of rotatable bonds is 10. The zero-order valence-corrected chi connectivity index (χ0v) is 16.9. The molecule has 29 heavy (non-hydrogen) atoms. The van der Waals surface area contributed by atoms with E-state index in [9.17, 15) is 9.59 Å². The van der Waals surface area contributed by atoms with Gasteiger partial charge in [-0.1, -0.05) is 26.7 Å². The molecule has 6 heteroatoms. The van der Waals surface area contributed by atoms with Crippen molar-refractivity contribution in [1.82, 2.24) is 0 Å². The average Bonchev–Trinajstić information content (AvgIpc) is 2.75. The molecule has 2 aromatic carbocycles. The molecule has 0 N–H and O–H groups in total. The fraction of sp³-hybridized carbons (Fsp3) is 0.348. The fourth-order valence-corrected chi connectivity index (χ4v) is 2.27. The molecular weight excluding hydrogens is 368 g/mol. The molecule has 0 aliphatic heterocycles. The van der Waals surface area contributed by atoms with Gasteiger partial charge in [0.2, 0.25) is 0 Å². The predicted octanol–water partition coefficient (Wildman–Crippen LogP) is 5.74. The number of benzene rings is 2. The maximum absolute atomic E-state index is 11.9. The summed E-state index contributed by atoms with van der Waals surface area (Å²) in [5.41, 5.74) is 2.21. The van der Waals surface area contributed by atoms with Crippen molar-refractivity contribution in [2.45, 2.75) is 39.5 Å². The van der Waals surface area contributed by atoms with Crippen molar-refractivity contribution in [1.29, 1.82) is 0 Å². The second-order valence-electron chi connectivity index (χ2n) is 6.40. The van der Waals surface area contributed by atoms with Gasteiger partial charge in [0.25, 0.3) is 0 Å². The van der Waals surface area contributed by atoms with Crippen LogP contribution in [0.2, 0.25) is 0 Å². The average molecular weight is 394 g/mol. The monoisotopic (exact) mass is 394 g/mol. The van der Waals surface area contributed by atoms with Crippen LogP contribution in [0.15, 0.2) is 58.5 Å². The number of carbonyl (C=O) groups is 2. The first-order valence-electron chi connectivity index (χ1n) is 9.85. The van der Waals surface area contributed by atoms with Gasteiger partial charge < -0.3 is 9.47 Å². The van der Waals surface area contributed by atoms with Crippen LogP contribution in [0.5, 0.6) is 0 Å². The molecular formula is C23H26N2O4. The zero-order chi connectivity index (χ0) is 20.9. The SMILES string of the molecule is CCCCOC(=O)c1ccc(N=C=Nc2ccc(C(=O)OCCCC)cc2)cc1. The van der Waals surface area contributed by atoms with Crippen LogP contribution in [0.1, 0.15) is 60.2 Å². The normalized spacial score (nSPS) is 10.0. The van der Waals surface area contributed by atoms with E-state index in [1.165, 1.54) is 0 Å². The molecule has 0 spiro atoms. The van der Waals surface area contributed by atoms with Gasteiger partial charge >= 0.3 is 11.9 Å². The minimum atomic E-state index is -0.337. The Morgan fingerprint density at radius 2 is 1.10 bits per heavy atom. The molecule has 6 nitrogen and oxygen atoms in total. The quantitative estimate of drug-likeness (QED) is 0.292. The first-order valence-corrected chi connectivity index (χ1v) is 9.85. The maximum Gasteiger partial charge on any atom is 0.338 e. The lowest BCUT2D eigenvalue weighted by Crippen LogP contribution is -2.05. The van der Waals surface area contributed by atoms with E-state index in [2.05, 4.69) is 16.0 Å². The Kier molecular flexibility index (Phi) is 9.33. The van der Waals surface area contributed by atoms with Crippen LogP contribution < -0.4 is 0 Å². The van der Waals surface area contributed by atoms with Crippen LogP contribution in [0, 0.1) is 0 Å². The molecule has 0 saturated carbocycles. The summed E-state index contributed by atoms with van der Waals surface area (Å²) < 4.78 is 10.3. The molecule has 0 saturated heterocycles. The minimum Gasteiger partial charge on any atom is -0.462 e. The third-order valence-electron chi connectivity index (χ3n) is 4.03. The number of ether oxygens (including phenoxy) is 2. The van der Waals surface area contributed by atoms with Crippen molar-refractivity contribution in [3.63, 3.8) is 0 Å². The number of carbonyl (C=O) groups excluding carboxylic acids is 2. The number of aliphatic imine (C=N–C) groups is 2. The molecule has 2 rings (SSSR count). The molecule has 0 fully saturated rings. The fourth-order valence-electron chi connectivity index (χ4n) is 2.27. The number of hydrogen-bond donors (Lipinski definition) is 0. The van der Waals surface area contributed by atoms with Gasteiger partial charge in [0.15, 0.2) is 0 Å². The predicted molar refractivity (Wildman–Crippen MR) is 112 cm³/mol. The number of unbranched alkanes of at least 4 members (excludes halogenated alkanes) is 2. The molecule has 0 heterocycles. The largest absolute Gasteiger partial charge is 0.462 e. The lowest BCUT2D eigenvalue weighted by Gasteiger charge is -2.03. The highest BCUT2D eigenvalue weighted by Gasteiger charge is 2.07. The van der Waals surface area contributed by atoms with E-state index in [1.807, 2.05) is 13.8 Å². The number of nitrogens with zero attached hydrogens (tertiary/aromatic N) is 2. The van der Waals surface area contributed by atoms with Gasteiger partial charge in [-0.15, -0.1) is 0 Å². The summed E-state index contributed by atoms with van der Waals surface area (Å²) in [5.74, 6) is -0.674. The Labute approximate surface area is 171 Å². The Balaban J connectivity index is 1.92. The van der Waals surface area contributed by atoms with Crippen LogP contribution in [0.25, 0.3) is 0 Å². The molecule has 0 radical (unpaired) electrons. The highest BCUT2D eigenvalue weighted by Crippen LogP contribution is 2.15. The van der Waals surface area contributed by atoms with Crippen molar-refractivity contribution >= 4 is 29.3 Å². The van der Waals surface area contributed by atoms with Gasteiger partial charge in [-0.2, -0.15) is 9.98 Å². The van der Waals surface area contributed by atoms with Gasteiger partial charge in [-0.25, -0.2) is 9.59 Å². The Morgan fingerprint density at radius 1 is 0.724 bits per heavy atom. The van der Waals surface area contributed by atoms with Gasteiger partial charge in [0.05, 0.1) is 35.7 Å². The highest BCUT2D eigenvalue weighted by molar-refractivity contribution is 5.90. The van der Waals surface area contributed by atoms with E-state index in [4.69, 9.17) is 9.47 Å². The molecule has 2 aromatic rings. The van der Waals surface area contributed by atoms with Crippen molar-refractivity contribution in [2.24, 2.45) is 9.98 Å². The molecule has 0 amide bonds. The van der Waals surface area contributed by atoms with E-state index < -0.39 is 0 Å². The van der Waals surface area contributed by atoms with Crippen molar-refractivity contribution in [3.8, 4) is 0 Å². The minimum absolute atomic E-state index is 0.337. The summed E-state index contributed by atoms with van der Waals surface area (Å²) >= 11 is 0. The second kappa shape index (κ2) is 12.3. The maximum atomic E-state index is 11.9. The summed E-state index contributed by atoms with van der Waals surface area (Å²) in [6.07, 6.45) is 3.66. The van der Waals surface area contributed by atoms with Gasteiger partial charge in [0, 0.05) is 0 Å². The van der Waals surface area contributed by atoms with Gasteiger partial charge in [-0.3, -0.25) is 0 Å². The van der Waals surface area contributed by atoms with Crippen LogP contribution in [-0.2, 0) is 9.47 Å². The summed E-state index contributed by atoms with van der Waals surface area (Å²) in [6, 6.07) is 16.1. The first kappa shape index (κ1) is 22.1. The molecule has 0 atom stereocenters. The summed E-state index contributed by atoms with van der Waals surface area (Å²) in [7, 11) is 0. The first-order chi connectivity index (χ1) is 14.1. The van der Waals surface area contributed by atoms with Gasteiger partial charge in [0.1, 0.15) is 6.01 Å². The smallest absolute Gasteiger partial charge is 0.338 e. The van der Waals surface area contributed by atoms with E-state index in [1.54, 1.807) is 48.5 Å². The standard InChI is InChI=1S/C23H26N2O4/c1-3-5-15-28-22(26)18-7-11-20(12-8-18)24-17-25-21-13-9-19(10-14-21)23(27)29-16-6-4-2/h7-14H,3-6,15-16H2,1-2H3. The number of hydrogen-bond acceptors (Lipinski definition) is 6. The zero-order valence-electron chi connectivity index (χ0n) is 16.9. The van der Waals surface area contributed by atoms with Crippen LogP contribution in [0.3, 0.4) is 0 Å². The molecule has 152 valence electrons. The van der Waals surface area contributed by atoms with E-state index in [0.717, 1.165) is 25.7 Å². The third-order valence-corrected chi connectivity index (χ3v) is 4.03. The van der Waals surface area contributed by atoms with E-state index in [-0.39, 0.29) is 11.9 Å². The van der Waals surface area contributed by atoms with Crippen molar-refractivity contribution in [2.75, 3.05) is 13.2 Å². The van der Waals surface area contributed by atoms with Crippen LogP contribution in [-0.4, -0.2) is 31.2 Å². The molecule has 0 aliphatic rings. The van der Waals surface area contributed by atoms with Crippen molar-refractivity contribution in [3.05, 3.63) is 59.7 Å². The lowest BCUT2D eigenvalue weighted by molar-refractivity contribution is 0.0490. The summed E-state index contributed by atoms with van der Waals surface area (Å²) in [4.78, 5) is 32.0. The van der Waals surface area contributed by atoms with Gasteiger partial charge in [-0.05, 0) is 61.4 Å². The summed E-state index contributed by atoms with van der Waals surface area (Å²) in [6.45, 7) is 4.94. The Bertz CT molecular complexity index is 782. The lowest BCUT2D eigenvalue weighted by atomic mass is 10.2. The van der Waals surface area contributed by atoms with Crippen molar-refractivity contribution < 1.29 is 19.1 Å². The Hall–Kier alpha value is -3.24. The second-order valence-corrected chi connectivity index (χ2v) is 6.40. The molecule has 0 bridgehead atoms. The number of esters is 2. The Morgan fingerprint density at radius 3 is 1.45 bits per heavy atom. The van der Waals surface area contributed by atoms with E-state index >= 15 is 0 Å². The van der Waals surface area contributed by atoms with Crippen LogP contribution in [0.4, 0.5) is 11.4 Å². The molecule has 0 aliphatic carbocycles.